The number of hydrogen-bond donors (Lipinski definition) is 1. The molecule has 100 valence electrons. The van der Waals surface area contributed by atoms with Crippen molar-refractivity contribution < 1.29 is 0 Å². The molecule has 2 atom stereocenters. The number of aryl methyl sites for hydroxylation is 3. The zero-order valence-electron chi connectivity index (χ0n) is 12.0. The summed E-state index contributed by atoms with van der Waals surface area (Å²) >= 11 is 2.13. The van der Waals surface area contributed by atoms with Crippen LogP contribution < -0.4 is 5.32 Å². The van der Waals surface area contributed by atoms with Gasteiger partial charge in [0.05, 0.1) is 0 Å². The van der Waals surface area contributed by atoms with E-state index in [-0.39, 0.29) is 0 Å². The summed E-state index contributed by atoms with van der Waals surface area (Å²) in [6.45, 7) is 10.1. The monoisotopic (exact) mass is 263 g/mol. The molecule has 0 aliphatic carbocycles. The van der Waals surface area contributed by atoms with E-state index in [4.69, 9.17) is 0 Å². The van der Waals surface area contributed by atoms with Crippen LogP contribution in [0.15, 0.2) is 12.1 Å². The standard InChI is InChI=1S/C16H25NS/c1-11-8-13(3)16(9-12(11)2)14(4)17-10-15-6-5-7-18-15/h8-9,14-15,17H,5-7,10H2,1-4H3. The van der Waals surface area contributed by atoms with Crippen molar-refractivity contribution in [2.24, 2.45) is 0 Å². The van der Waals surface area contributed by atoms with Crippen LogP contribution in [0, 0.1) is 20.8 Å². The predicted octanol–water partition coefficient (Wildman–Crippen LogP) is 4.16. The van der Waals surface area contributed by atoms with E-state index in [2.05, 4.69) is 56.9 Å². The maximum absolute atomic E-state index is 3.71. The number of nitrogens with one attached hydrogen (secondary N) is 1. The van der Waals surface area contributed by atoms with Crippen LogP contribution in [-0.2, 0) is 0 Å². The van der Waals surface area contributed by atoms with Gasteiger partial charge < -0.3 is 5.32 Å². The Balaban J connectivity index is 1.99. The van der Waals surface area contributed by atoms with Crippen LogP contribution in [0.3, 0.4) is 0 Å². The first-order valence-corrected chi connectivity index (χ1v) is 8.05. The minimum atomic E-state index is 0.463. The van der Waals surface area contributed by atoms with Gasteiger partial charge in [-0.2, -0.15) is 11.8 Å². The molecule has 1 N–H and O–H groups in total. The van der Waals surface area contributed by atoms with Gasteiger partial charge in [0.2, 0.25) is 0 Å². The molecule has 0 spiro atoms. The summed E-state index contributed by atoms with van der Waals surface area (Å²) in [6, 6.07) is 5.13. The van der Waals surface area contributed by atoms with Crippen molar-refractivity contribution in [2.75, 3.05) is 12.3 Å². The summed E-state index contributed by atoms with van der Waals surface area (Å²) in [5, 5.41) is 4.54. The summed E-state index contributed by atoms with van der Waals surface area (Å²) in [4.78, 5) is 0. The lowest BCUT2D eigenvalue weighted by molar-refractivity contribution is 0.557. The molecule has 0 aromatic heterocycles. The molecule has 1 aromatic carbocycles. The fourth-order valence-electron chi connectivity index (χ4n) is 2.67. The van der Waals surface area contributed by atoms with E-state index in [0.29, 0.717) is 6.04 Å². The summed E-state index contributed by atoms with van der Waals surface area (Å²) in [7, 11) is 0. The van der Waals surface area contributed by atoms with Crippen molar-refractivity contribution >= 4 is 11.8 Å². The molecular weight excluding hydrogens is 238 g/mol. The molecule has 1 aliphatic heterocycles. The molecule has 0 amide bonds. The highest BCUT2D eigenvalue weighted by Crippen LogP contribution is 2.27. The van der Waals surface area contributed by atoms with Crippen LogP contribution in [0.4, 0.5) is 0 Å². The van der Waals surface area contributed by atoms with Crippen molar-refractivity contribution in [1.82, 2.24) is 5.32 Å². The van der Waals surface area contributed by atoms with Gasteiger partial charge in [-0.3, -0.25) is 0 Å². The van der Waals surface area contributed by atoms with Crippen LogP contribution in [0.25, 0.3) is 0 Å². The molecule has 0 saturated carbocycles. The molecule has 2 unspecified atom stereocenters. The minimum Gasteiger partial charge on any atom is -0.309 e. The van der Waals surface area contributed by atoms with E-state index in [1.165, 1.54) is 40.8 Å². The Labute approximate surface area is 116 Å². The van der Waals surface area contributed by atoms with Crippen molar-refractivity contribution in [2.45, 2.75) is 51.8 Å². The second-order valence-electron chi connectivity index (χ2n) is 5.56. The molecule has 2 heteroatoms. The van der Waals surface area contributed by atoms with Gasteiger partial charge in [-0.15, -0.1) is 0 Å². The van der Waals surface area contributed by atoms with E-state index in [1.54, 1.807) is 0 Å². The highest BCUT2D eigenvalue weighted by molar-refractivity contribution is 8.00. The highest BCUT2D eigenvalue weighted by atomic mass is 32.2. The molecule has 1 fully saturated rings. The third-order valence-corrected chi connectivity index (χ3v) is 5.42. The summed E-state index contributed by atoms with van der Waals surface area (Å²) < 4.78 is 0. The van der Waals surface area contributed by atoms with Crippen LogP contribution >= 0.6 is 11.8 Å². The van der Waals surface area contributed by atoms with Crippen molar-refractivity contribution in [1.29, 1.82) is 0 Å². The lowest BCUT2D eigenvalue weighted by Crippen LogP contribution is -2.26. The summed E-state index contributed by atoms with van der Waals surface area (Å²) in [5.74, 6) is 1.35. The Bertz CT molecular complexity index is 408. The molecule has 0 bridgehead atoms. The van der Waals surface area contributed by atoms with Crippen molar-refractivity contribution in [3.05, 3.63) is 34.4 Å². The second-order valence-corrected chi connectivity index (χ2v) is 6.97. The molecule has 1 heterocycles. The van der Waals surface area contributed by atoms with Gasteiger partial charge in [-0.1, -0.05) is 12.1 Å². The summed E-state index contributed by atoms with van der Waals surface area (Å²) in [6.07, 6.45) is 2.78. The molecule has 1 aliphatic rings. The van der Waals surface area contributed by atoms with Gasteiger partial charge in [0.15, 0.2) is 0 Å². The number of hydrogen-bond acceptors (Lipinski definition) is 2. The lowest BCUT2D eigenvalue weighted by Gasteiger charge is -2.20. The largest absolute Gasteiger partial charge is 0.309 e. The van der Waals surface area contributed by atoms with Crippen molar-refractivity contribution in [3.8, 4) is 0 Å². The third-order valence-electron chi connectivity index (χ3n) is 4.02. The van der Waals surface area contributed by atoms with Gasteiger partial charge >= 0.3 is 0 Å². The number of benzene rings is 1. The Hall–Kier alpha value is -0.470. The molecule has 1 saturated heterocycles. The average Bonchev–Trinajstić information content (AvgIpc) is 2.84. The van der Waals surface area contributed by atoms with Gasteiger partial charge in [0.1, 0.15) is 0 Å². The fraction of sp³-hybridized carbons (Fsp3) is 0.625. The second kappa shape index (κ2) is 6.12. The minimum absolute atomic E-state index is 0.463. The highest BCUT2D eigenvalue weighted by Gasteiger charge is 2.17. The van der Waals surface area contributed by atoms with E-state index >= 15 is 0 Å². The first kappa shape index (κ1) is 14.0. The van der Waals surface area contributed by atoms with Gasteiger partial charge in [-0.05, 0) is 68.5 Å². The molecule has 2 rings (SSSR count). The van der Waals surface area contributed by atoms with Crippen LogP contribution in [0.1, 0.15) is 48.1 Å². The Kier molecular flexibility index (Phi) is 4.74. The maximum Gasteiger partial charge on any atom is 0.0294 e. The Morgan fingerprint density at radius 2 is 1.94 bits per heavy atom. The fourth-order valence-corrected chi connectivity index (χ4v) is 3.89. The van der Waals surface area contributed by atoms with E-state index in [0.717, 1.165) is 11.8 Å². The first-order valence-electron chi connectivity index (χ1n) is 7.00. The Morgan fingerprint density at radius 3 is 2.61 bits per heavy atom. The van der Waals surface area contributed by atoms with E-state index in [9.17, 15) is 0 Å². The molecular formula is C16H25NS. The van der Waals surface area contributed by atoms with Gasteiger partial charge in [-0.25, -0.2) is 0 Å². The first-order chi connectivity index (χ1) is 8.58. The Morgan fingerprint density at radius 1 is 1.22 bits per heavy atom. The molecule has 18 heavy (non-hydrogen) atoms. The molecule has 1 aromatic rings. The number of rotatable bonds is 4. The zero-order valence-corrected chi connectivity index (χ0v) is 12.9. The van der Waals surface area contributed by atoms with Crippen molar-refractivity contribution in [3.63, 3.8) is 0 Å². The topological polar surface area (TPSA) is 12.0 Å². The van der Waals surface area contributed by atoms with Gasteiger partial charge in [0.25, 0.3) is 0 Å². The number of thioether (sulfide) groups is 1. The normalized spacial score (nSPS) is 21.2. The van der Waals surface area contributed by atoms with Crippen LogP contribution in [0.2, 0.25) is 0 Å². The van der Waals surface area contributed by atoms with Crippen LogP contribution in [-0.4, -0.2) is 17.5 Å². The zero-order chi connectivity index (χ0) is 13.1. The smallest absolute Gasteiger partial charge is 0.0294 e. The summed E-state index contributed by atoms with van der Waals surface area (Å²) in [5.41, 5.74) is 5.67. The average molecular weight is 263 g/mol. The lowest BCUT2D eigenvalue weighted by atomic mass is 9.96. The van der Waals surface area contributed by atoms with Crippen LogP contribution in [0.5, 0.6) is 0 Å². The van der Waals surface area contributed by atoms with E-state index < -0.39 is 0 Å². The van der Waals surface area contributed by atoms with Gasteiger partial charge in [0, 0.05) is 17.8 Å². The predicted molar refractivity (Wildman–Crippen MR) is 82.6 cm³/mol. The maximum atomic E-state index is 3.71. The third kappa shape index (κ3) is 3.30. The quantitative estimate of drug-likeness (QED) is 0.875. The SMILES string of the molecule is Cc1cc(C)c(C(C)NCC2CCCS2)cc1C. The molecule has 1 nitrogen and oxygen atoms in total. The van der Waals surface area contributed by atoms with E-state index in [1.807, 2.05) is 0 Å². The molecule has 0 radical (unpaired) electrons.